The Morgan fingerprint density at radius 3 is 2.74 bits per heavy atom. The lowest BCUT2D eigenvalue weighted by Crippen LogP contribution is -2.33. The molecular weight excluding hydrogens is 424 g/mol. The Kier molecular flexibility index (Phi) is 8.00. The van der Waals surface area contributed by atoms with Crippen molar-refractivity contribution in [2.24, 2.45) is 0 Å². The van der Waals surface area contributed by atoms with E-state index in [1.54, 1.807) is 13.2 Å². The topological polar surface area (TPSA) is 50.4 Å². The van der Waals surface area contributed by atoms with E-state index in [1.165, 1.54) is 11.6 Å². The highest BCUT2D eigenvalue weighted by Gasteiger charge is 2.10. The van der Waals surface area contributed by atoms with Crippen molar-refractivity contribution in [3.05, 3.63) is 64.1 Å². The first kappa shape index (κ1) is 21.1. The largest absolute Gasteiger partial charge is 0.496 e. The molecule has 0 spiro atoms. The molecule has 27 heavy (non-hydrogen) atoms. The first-order valence-corrected chi connectivity index (χ1v) is 9.87. The normalized spacial score (nSPS) is 11.9. The number of para-hydroxylation sites is 1. The highest BCUT2D eigenvalue weighted by atomic mass is 79.9. The van der Waals surface area contributed by atoms with Gasteiger partial charge in [0.15, 0.2) is 5.11 Å². The second-order valence-electron chi connectivity index (χ2n) is 6.06. The molecule has 0 aliphatic heterocycles. The van der Waals surface area contributed by atoms with Crippen molar-refractivity contribution in [1.82, 2.24) is 5.32 Å². The van der Waals surface area contributed by atoms with Gasteiger partial charge >= 0.3 is 0 Å². The number of benzene rings is 2. The van der Waals surface area contributed by atoms with Crippen molar-refractivity contribution >= 4 is 50.9 Å². The molecule has 0 aromatic heterocycles. The van der Waals surface area contributed by atoms with Crippen molar-refractivity contribution in [1.29, 1.82) is 0 Å². The average molecular weight is 447 g/mol. The SMILES string of the molecule is CC[C@H](C)c1ccccc1NC(=S)NC(=O)/C=C/c1cc(Br)ccc1OC. The Hall–Kier alpha value is -2.18. The number of methoxy groups -OCH3 is 1. The molecule has 0 unspecified atom stereocenters. The van der Waals surface area contributed by atoms with Gasteiger partial charge in [0.25, 0.3) is 0 Å². The predicted molar refractivity (Wildman–Crippen MR) is 119 cm³/mol. The molecule has 0 fully saturated rings. The van der Waals surface area contributed by atoms with E-state index in [0.29, 0.717) is 11.7 Å². The number of ether oxygens (including phenoxy) is 1. The minimum Gasteiger partial charge on any atom is -0.496 e. The molecule has 0 saturated carbocycles. The molecule has 4 nitrogen and oxygen atoms in total. The minimum absolute atomic E-state index is 0.265. The van der Waals surface area contributed by atoms with E-state index in [9.17, 15) is 4.79 Å². The molecular formula is C21H23BrN2O2S. The third kappa shape index (κ3) is 6.19. The molecule has 2 aromatic carbocycles. The van der Waals surface area contributed by atoms with Crippen molar-refractivity contribution < 1.29 is 9.53 Å². The number of nitrogens with one attached hydrogen (secondary N) is 2. The lowest BCUT2D eigenvalue weighted by Gasteiger charge is -2.16. The van der Waals surface area contributed by atoms with Crippen LogP contribution in [-0.4, -0.2) is 18.1 Å². The fourth-order valence-corrected chi connectivity index (χ4v) is 3.16. The molecule has 0 aliphatic rings. The molecule has 0 bridgehead atoms. The fraction of sp³-hybridized carbons (Fsp3) is 0.238. The van der Waals surface area contributed by atoms with E-state index in [0.717, 1.165) is 22.1 Å². The zero-order valence-corrected chi connectivity index (χ0v) is 18.0. The van der Waals surface area contributed by atoms with E-state index >= 15 is 0 Å². The molecule has 0 saturated heterocycles. The van der Waals surface area contributed by atoms with Crippen LogP contribution in [-0.2, 0) is 4.79 Å². The van der Waals surface area contributed by atoms with Gasteiger partial charge in [-0.05, 0) is 60.5 Å². The summed E-state index contributed by atoms with van der Waals surface area (Å²) in [5, 5.41) is 6.06. The standard InChI is InChI=1S/C21H23BrN2O2S/c1-4-14(2)17-7-5-6-8-18(17)23-21(27)24-20(25)12-9-15-13-16(22)10-11-19(15)26-3/h5-14H,4H2,1-3H3,(H2,23,24,25,27)/b12-9+/t14-/m0/s1. The average Bonchev–Trinajstić information content (AvgIpc) is 2.66. The Morgan fingerprint density at radius 2 is 2.04 bits per heavy atom. The van der Waals surface area contributed by atoms with Crippen molar-refractivity contribution in [3.63, 3.8) is 0 Å². The molecule has 2 N–H and O–H groups in total. The van der Waals surface area contributed by atoms with Gasteiger partial charge in [0.2, 0.25) is 5.91 Å². The van der Waals surface area contributed by atoms with Crippen LogP contribution in [0.25, 0.3) is 6.08 Å². The Bertz CT molecular complexity index is 852. The summed E-state index contributed by atoms with van der Waals surface area (Å²) in [6.07, 6.45) is 4.14. The van der Waals surface area contributed by atoms with Crippen LogP contribution in [0.1, 0.15) is 37.3 Å². The van der Waals surface area contributed by atoms with Gasteiger partial charge in [-0.1, -0.05) is 48.0 Å². The number of halogens is 1. The number of hydrogen-bond acceptors (Lipinski definition) is 3. The summed E-state index contributed by atoms with van der Waals surface area (Å²) >= 11 is 8.70. The molecule has 2 aromatic rings. The number of hydrogen-bond donors (Lipinski definition) is 2. The van der Waals surface area contributed by atoms with E-state index in [1.807, 2.05) is 36.4 Å². The number of anilines is 1. The molecule has 6 heteroatoms. The Labute approximate surface area is 174 Å². The van der Waals surface area contributed by atoms with E-state index in [4.69, 9.17) is 17.0 Å². The van der Waals surface area contributed by atoms with Gasteiger partial charge in [0.1, 0.15) is 5.75 Å². The van der Waals surface area contributed by atoms with Crippen LogP contribution in [0.5, 0.6) is 5.75 Å². The Balaban J connectivity index is 2.03. The van der Waals surface area contributed by atoms with Crippen LogP contribution in [0.4, 0.5) is 5.69 Å². The lowest BCUT2D eigenvalue weighted by atomic mass is 9.97. The molecule has 0 aliphatic carbocycles. The number of rotatable bonds is 6. The molecule has 1 atom stereocenters. The van der Waals surface area contributed by atoms with Crippen LogP contribution >= 0.6 is 28.1 Å². The summed E-state index contributed by atoms with van der Waals surface area (Å²) in [7, 11) is 1.59. The first-order valence-electron chi connectivity index (χ1n) is 8.67. The van der Waals surface area contributed by atoms with Gasteiger partial charge < -0.3 is 10.1 Å². The first-order chi connectivity index (χ1) is 12.9. The predicted octanol–water partition coefficient (Wildman–Crippen LogP) is 5.50. The number of carbonyl (C=O) groups is 1. The zero-order chi connectivity index (χ0) is 19.8. The highest BCUT2D eigenvalue weighted by Crippen LogP contribution is 2.26. The minimum atomic E-state index is -0.310. The summed E-state index contributed by atoms with van der Waals surface area (Å²) < 4.78 is 6.20. The van der Waals surface area contributed by atoms with Gasteiger partial charge in [-0.15, -0.1) is 0 Å². The van der Waals surface area contributed by atoms with Crippen molar-refractivity contribution in [2.75, 3.05) is 12.4 Å². The van der Waals surface area contributed by atoms with E-state index in [2.05, 4.69) is 46.5 Å². The summed E-state index contributed by atoms with van der Waals surface area (Å²) in [5.41, 5.74) is 2.88. The van der Waals surface area contributed by atoms with E-state index < -0.39 is 0 Å². The number of carbonyl (C=O) groups excluding carboxylic acids is 1. The van der Waals surface area contributed by atoms with Crippen LogP contribution in [0, 0.1) is 0 Å². The molecule has 2 rings (SSSR count). The third-order valence-electron chi connectivity index (χ3n) is 4.20. The summed E-state index contributed by atoms with van der Waals surface area (Å²) in [4.78, 5) is 12.2. The molecule has 142 valence electrons. The van der Waals surface area contributed by atoms with Gasteiger partial charge in [0, 0.05) is 21.8 Å². The number of amides is 1. The Morgan fingerprint density at radius 1 is 1.30 bits per heavy atom. The number of thiocarbonyl (C=S) groups is 1. The van der Waals surface area contributed by atoms with Gasteiger partial charge in [0.05, 0.1) is 7.11 Å². The maximum absolute atomic E-state index is 12.2. The highest BCUT2D eigenvalue weighted by molar-refractivity contribution is 9.10. The smallest absolute Gasteiger partial charge is 0.250 e. The van der Waals surface area contributed by atoms with Crippen LogP contribution in [0.3, 0.4) is 0 Å². The van der Waals surface area contributed by atoms with Gasteiger partial charge in [-0.25, -0.2) is 0 Å². The fourth-order valence-electron chi connectivity index (χ4n) is 2.57. The lowest BCUT2D eigenvalue weighted by molar-refractivity contribution is -0.115. The summed E-state index contributed by atoms with van der Waals surface area (Å²) in [6.45, 7) is 4.30. The van der Waals surface area contributed by atoms with Crippen molar-refractivity contribution in [3.8, 4) is 5.75 Å². The van der Waals surface area contributed by atoms with Gasteiger partial charge in [-0.3, -0.25) is 10.1 Å². The van der Waals surface area contributed by atoms with E-state index in [-0.39, 0.29) is 11.0 Å². The van der Waals surface area contributed by atoms with Gasteiger partial charge in [-0.2, -0.15) is 0 Å². The second kappa shape index (κ2) is 10.2. The summed E-state index contributed by atoms with van der Waals surface area (Å²) in [5.74, 6) is 0.775. The van der Waals surface area contributed by atoms with Crippen LogP contribution in [0.15, 0.2) is 53.0 Å². The third-order valence-corrected chi connectivity index (χ3v) is 4.89. The summed E-state index contributed by atoms with van der Waals surface area (Å²) in [6, 6.07) is 13.6. The molecule has 0 heterocycles. The molecule has 0 radical (unpaired) electrons. The quantitative estimate of drug-likeness (QED) is 0.454. The molecule has 1 amide bonds. The van der Waals surface area contributed by atoms with Crippen LogP contribution < -0.4 is 15.4 Å². The van der Waals surface area contributed by atoms with Crippen LogP contribution in [0.2, 0.25) is 0 Å². The van der Waals surface area contributed by atoms with Crippen molar-refractivity contribution in [2.45, 2.75) is 26.2 Å². The zero-order valence-electron chi connectivity index (χ0n) is 15.6. The second-order valence-corrected chi connectivity index (χ2v) is 7.38. The maximum Gasteiger partial charge on any atom is 0.250 e. The maximum atomic E-state index is 12.2. The monoisotopic (exact) mass is 446 g/mol.